The van der Waals surface area contributed by atoms with Gasteiger partial charge in [0.15, 0.2) is 11.5 Å². The minimum absolute atomic E-state index is 0.00660. The SMILES string of the molecule is COc1ccc(S(=O)(=O)Oc2cc(CN(C[C@@H]3CCCO3)C(=O)CC(C)C)ccc2OC)cc1. The van der Waals surface area contributed by atoms with Gasteiger partial charge in [0.2, 0.25) is 5.91 Å². The van der Waals surface area contributed by atoms with Crippen LogP contribution in [0, 0.1) is 5.92 Å². The van der Waals surface area contributed by atoms with Crippen molar-refractivity contribution in [3.8, 4) is 17.2 Å². The Hall–Kier alpha value is -2.78. The van der Waals surface area contributed by atoms with Crippen molar-refractivity contribution in [3.05, 3.63) is 48.0 Å². The summed E-state index contributed by atoms with van der Waals surface area (Å²) in [5, 5.41) is 0. The minimum Gasteiger partial charge on any atom is -0.497 e. The molecule has 1 saturated heterocycles. The lowest BCUT2D eigenvalue weighted by Gasteiger charge is -2.26. The average molecular weight is 492 g/mol. The van der Waals surface area contributed by atoms with Crippen molar-refractivity contribution in [2.45, 2.75) is 50.7 Å². The maximum absolute atomic E-state index is 12.9. The molecule has 1 aliphatic heterocycles. The number of nitrogens with zero attached hydrogens (tertiary/aromatic N) is 1. The van der Waals surface area contributed by atoms with Crippen LogP contribution in [0.5, 0.6) is 17.2 Å². The van der Waals surface area contributed by atoms with Gasteiger partial charge in [-0.1, -0.05) is 19.9 Å². The van der Waals surface area contributed by atoms with E-state index in [4.69, 9.17) is 18.4 Å². The van der Waals surface area contributed by atoms with Crippen LogP contribution in [-0.4, -0.2) is 52.7 Å². The molecule has 8 nitrogen and oxygen atoms in total. The van der Waals surface area contributed by atoms with Crippen molar-refractivity contribution in [1.82, 2.24) is 4.90 Å². The van der Waals surface area contributed by atoms with Gasteiger partial charge in [-0.2, -0.15) is 8.42 Å². The second kappa shape index (κ2) is 11.6. The second-order valence-corrected chi connectivity index (χ2v) is 10.3. The Morgan fingerprint density at radius 1 is 1.09 bits per heavy atom. The van der Waals surface area contributed by atoms with E-state index in [-0.39, 0.29) is 34.3 Å². The highest BCUT2D eigenvalue weighted by molar-refractivity contribution is 7.87. The van der Waals surface area contributed by atoms with Crippen LogP contribution >= 0.6 is 0 Å². The smallest absolute Gasteiger partial charge is 0.339 e. The Labute approximate surface area is 201 Å². The normalized spacial score (nSPS) is 15.9. The number of amides is 1. The molecule has 186 valence electrons. The van der Waals surface area contributed by atoms with Crippen LogP contribution in [0.25, 0.3) is 0 Å². The molecule has 3 rings (SSSR count). The number of carbonyl (C=O) groups excluding carboxylic acids is 1. The Bertz CT molecular complexity index is 1060. The summed E-state index contributed by atoms with van der Waals surface area (Å²) in [6.45, 7) is 5.53. The molecule has 0 saturated carbocycles. The molecule has 2 aromatic rings. The topological polar surface area (TPSA) is 91.4 Å². The number of ether oxygens (including phenoxy) is 3. The van der Waals surface area contributed by atoms with Crippen LogP contribution in [0.15, 0.2) is 47.4 Å². The van der Waals surface area contributed by atoms with E-state index in [9.17, 15) is 13.2 Å². The molecule has 0 spiro atoms. The molecule has 0 radical (unpaired) electrons. The molecule has 0 aromatic heterocycles. The van der Waals surface area contributed by atoms with Gasteiger partial charge in [0, 0.05) is 26.1 Å². The number of carbonyl (C=O) groups is 1. The summed E-state index contributed by atoms with van der Waals surface area (Å²) in [6, 6.07) is 11.0. The summed E-state index contributed by atoms with van der Waals surface area (Å²) in [7, 11) is -1.16. The fraction of sp³-hybridized carbons (Fsp3) is 0.480. The fourth-order valence-electron chi connectivity index (χ4n) is 3.78. The zero-order valence-electron chi connectivity index (χ0n) is 20.2. The van der Waals surface area contributed by atoms with Crippen molar-refractivity contribution in [3.63, 3.8) is 0 Å². The summed E-state index contributed by atoms with van der Waals surface area (Å²) in [5.41, 5.74) is 0.732. The maximum atomic E-state index is 12.9. The van der Waals surface area contributed by atoms with E-state index >= 15 is 0 Å². The number of hydrogen-bond acceptors (Lipinski definition) is 7. The predicted molar refractivity (Wildman–Crippen MR) is 128 cm³/mol. The molecule has 1 fully saturated rings. The lowest BCUT2D eigenvalue weighted by molar-refractivity contribution is -0.134. The van der Waals surface area contributed by atoms with Gasteiger partial charge in [0.1, 0.15) is 10.6 Å². The third-order valence-electron chi connectivity index (χ3n) is 5.53. The molecule has 34 heavy (non-hydrogen) atoms. The molecule has 0 bridgehead atoms. The zero-order valence-corrected chi connectivity index (χ0v) is 21.0. The summed E-state index contributed by atoms with van der Waals surface area (Å²) in [6.07, 6.45) is 2.35. The molecule has 2 aromatic carbocycles. The lowest BCUT2D eigenvalue weighted by atomic mass is 10.1. The van der Waals surface area contributed by atoms with Crippen LogP contribution in [0.2, 0.25) is 0 Å². The van der Waals surface area contributed by atoms with E-state index in [0.29, 0.717) is 31.9 Å². The highest BCUT2D eigenvalue weighted by Crippen LogP contribution is 2.32. The molecule has 0 N–H and O–H groups in total. The van der Waals surface area contributed by atoms with Crippen molar-refractivity contribution in [2.75, 3.05) is 27.4 Å². The van der Waals surface area contributed by atoms with E-state index in [1.807, 2.05) is 13.8 Å². The molecule has 9 heteroatoms. The summed E-state index contributed by atoms with van der Waals surface area (Å²) in [4.78, 5) is 14.7. The molecule has 0 unspecified atom stereocenters. The van der Waals surface area contributed by atoms with Crippen molar-refractivity contribution in [1.29, 1.82) is 0 Å². The van der Waals surface area contributed by atoms with Gasteiger partial charge >= 0.3 is 10.1 Å². The predicted octanol–water partition coefficient (Wildman–Crippen LogP) is 4.03. The van der Waals surface area contributed by atoms with Crippen molar-refractivity contribution < 1.29 is 31.6 Å². The Balaban J connectivity index is 1.83. The number of methoxy groups -OCH3 is 2. The van der Waals surface area contributed by atoms with Crippen molar-refractivity contribution in [2.24, 2.45) is 5.92 Å². The maximum Gasteiger partial charge on any atom is 0.339 e. The number of hydrogen-bond donors (Lipinski definition) is 0. The van der Waals surface area contributed by atoms with Crippen LogP contribution in [-0.2, 0) is 26.2 Å². The van der Waals surface area contributed by atoms with E-state index in [0.717, 1.165) is 18.4 Å². The first kappa shape index (κ1) is 25.8. The van der Waals surface area contributed by atoms with Crippen LogP contribution in [0.3, 0.4) is 0 Å². The first-order valence-electron chi connectivity index (χ1n) is 11.4. The largest absolute Gasteiger partial charge is 0.497 e. The van der Waals surface area contributed by atoms with E-state index < -0.39 is 10.1 Å². The number of benzene rings is 2. The van der Waals surface area contributed by atoms with E-state index in [1.165, 1.54) is 26.4 Å². The highest BCUT2D eigenvalue weighted by atomic mass is 32.2. The first-order chi connectivity index (χ1) is 16.2. The van der Waals surface area contributed by atoms with Gasteiger partial charge in [-0.25, -0.2) is 0 Å². The van der Waals surface area contributed by atoms with Gasteiger partial charge in [-0.3, -0.25) is 4.79 Å². The fourth-order valence-corrected chi connectivity index (χ4v) is 4.71. The van der Waals surface area contributed by atoms with Gasteiger partial charge in [-0.05, 0) is 60.7 Å². The van der Waals surface area contributed by atoms with Gasteiger partial charge in [-0.15, -0.1) is 0 Å². The summed E-state index contributed by atoms with van der Waals surface area (Å²) < 4.78 is 47.3. The average Bonchev–Trinajstić information content (AvgIpc) is 3.31. The second-order valence-electron chi connectivity index (χ2n) is 8.71. The van der Waals surface area contributed by atoms with Gasteiger partial charge in [0.25, 0.3) is 0 Å². The minimum atomic E-state index is -4.10. The Kier molecular flexibility index (Phi) is 8.79. The molecule has 1 heterocycles. The monoisotopic (exact) mass is 491 g/mol. The van der Waals surface area contributed by atoms with E-state index in [2.05, 4.69) is 0 Å². The molecule has 1 amide bonds. The number of rotatable bonds is 11. The molecule has 0 aliphatic carbocycles. The zero-order chi connectivity index (χ0) is 24.7. The van der Waals surface area contributed by atoms with Gasteiger partial charge in [0.05, 0.1) is 20.3 Å². The summed E-state index contributed by atoms with van der Waals surface area (Å²) in [5.74, 6) is 1.14. The van der Waals surface area contributed by atoms with Crippen LogP contribution < -0.4 is 13.7 Å². The Morgan fingerprint density at radius 3 is 2.41 bits per heavy atom. The van der Waals surface area contributed by atoms with Crippen LogP contribution in [0.1, 0.15) is 38.7 Å². The first-order valence-corrected chi connectivity index (χ1v) is 12.8. The molecular weight excluding hydrogens is 458 g/mol. The highest BCUT2D eigenvalue weighted by Gasteiger charge is 2.24. The third kappa shape index (κ3) is 6.87. The quantitative estimate of drug-likeness (QED) is 0.438. The van der Waals surface area contributed by atoms with Crippen molar-refractivity contribution >= 4 is 16.0 Å². The molecular formula is C25H33NO7S. The van der Waals surface area contributed by atoms with Gasteiger partial charge < -0.3 is 23.3 Å². The lowest BCUT2D eigenvalue weighted by Crippen LogP contribution is -2.37. The molecule has 1 aliphatic rings. The van der Waals surface area contributed by atoms with Crippen LogP contribution in [0.4, 0.5) is 0 Å². The standard InChI is InChI=1S/C25H33NO7S/c1-18(2)14-25(27)26(17-21-6-5-13-32-21)16-19-7-12-23(31-4)24(15-19)33-34(28,29)22-10-8-20(30-3)9-11-22/h7-12,15,18,21H,5-6,13-14,16-17H2,1-4H3/t21-/m0/s1. The summed E-state index contributed by atoms with van der Waals surface area (Å²) >= 11 is 0. The molecule has 1 atom stereocenters. The third-order valence-corrected chi connectivity index (χ3v) is 6.78. The van der Waals surface area contributed by atoms with E-state index in [1.54, 1.807) is 35.2 Å². The Morgan fingerprint density at radius 2 is 1.82 bits per heavy atom.